The van der Waals surface area contributed by atoms with E-state index >= 15 is 0 Å². The number of rotatable bonds is 10. The van der Waals surface area contributed by atoms with Gasteiger partial charge in [-0.1, -0.05) is 32.1 Å². The van der Waals surface area contributed by atoms with Gasteiger partial charge in [-0.2, -0.15) is 5.26 Å². The average molecular weight is 459 g/mol. The van der Waals surface area contributed by atoms with Gasteiger partial charge in [0.25, 0.3) is 5.91 Å². The predicted octanol–water partition coefficient (Wildman–Crippen LogP) is 2.19. The minimum atomic E-state index is -0.812. The van der Waals surface area contributed by atoms with Crippen molar-refractivity contribution in [1.29, 1.82) is 5.26 Å². The maximum atomic E-state index is 13.0. The molecule has 8 nitrogen and oxygen atoms in total. The van der Waals surface area contributed by atoms with Crippen molar-refractivity contribution in [3.63, 3.8) is 0 Å². The average Bonchev–Trinajstić information content (AvgIpc) is 3.22. The fraction of sp³-hybridized carbons (Fsp3) is 0.583. The van der Waals surface area contributed by atoms with Crippen LogP contribution in [0.15, 0.2) is 24.3 Å². The first kappa shape index (κ1) is 24.5. The fourth-order valence-electron chi connectivity index (χ4n) is 4.47. The van der Waals surface area contributed by atoms with E-state index in [1.54, 1.807) is 0 Å². The first-order valence-corrected chi connectivity index (χ1v) is 11.6. The van der Waals surface area contributed by atoms with E-state index in [2.05, 4.69) is 22.0 Å². The Morgan fingerprint density at radius 2 is 1.85 bits per heavy atom. The number of nitrogens with zero attached hydrogens (tertiary/aromatic N) is 1. The van der Waals surface area contributed by atoms with Crippen molar-refractivity contribution in [3.05, 3.63) is 30.1 Å². The number of ether oxygens (including phenoxy) is 1. The predicted molar refractivity (Wildman–Crippen MR) is 118 cm³/mol. The molecular weight excluding hydrogens is 427 g/mol. The molecule has 3 N–H and O–H groups in total. The second-order valence-corrected chi connectivity index (χ2v) is 8.81. The van der Waals surface area contributed by atoms with E-state index in [0.29, 0.717) is 31.1 Å². The van der Waals surface area contributed by atoms with E-state index < -0.39 is 29.7 Å². The Bertz CT molecular complexity index is 864. The van der Waals surface area contributed by atoms with Gasteiger partial charge in [0, 0.05) is 12.5 Å². The van der Waals surface area contributed by atoms with Gasteiger partial charge in [-0.25, -0.2) is 4.39 Å². The van der Waals surface area contributed by atoms with E-state index in [1.807, 2.05) is 0 Å². The standard InChI is InChI=1S/C24H31FN4O4/c25-18-6-8-20(9-7-18)33-15-22(30)29-21(12-16-4-2-1-3-5-16)24(32)28-19(14-26)13-17-10-11-27-23(17)31/h6-9,16-17,19,21H,1-5,10-13,15H2,(H,27,31)(H,28,32)(H,29,30)/t17-,19-,21?/m0/s1. The molecule has 0 spiro atoms. The highest BCUT2D eigenvalue weighted by molar-refractivity contribution is 5.88. The SMILES string of the molecule is N#C[C@H](C[C@@H]1CCNC1=O)NC(=O)C(CC1CCCCC1)NC(=O)COc1ccc(F)cc1. The van der Waals surface area contributed by atoms with Crippen LogP contribution in [-0.2, 0) is 14.4 Å². The van der Waals surface area contributed by atoms with Crippen LogP contribution in [0, 0.1) is 29.0 Å². The Balaban J connectivity index is 1.58. The summed E-state index contributed by atoms with van der Waals surface area (Å²) in [6, 6.07) is 5.77. The Labute approximate surface area is 193 Å². The lowest BCUT2D eigenvalue weighted by Crippen LogP contribution is -2.51. The molecule has 2 fully saturated rings. The molecule has 2 aliphatic rings. The van der Waals surface area contributed by atoms with Crippen LogP contribution in [0.4, 0.5) is 4.39 Å². The summed E-state index contributed by atoms with van der Waals surface area (Å²) in [5.74, 6) is -1.05. The Kier molecular flexibility index (Phi) is 9.04. The zero-order valence-corrected chi connectivity index (χ0v) is 18.6. The maximum Gasteiger partial charge on any atom is 0.258 e. The Hall–Kier alpha value is -3.15. The van der Waals surface area contributed by atoms with Gasteiger partial charge in [0.05, 0.1) is 6.07 Å². The minimum Gasteiger partial charge on any atom is -0.484 e. The van der Waals surface area contributed by atoms with Gasteiger partial charge < -0.3 is 20.7 Å². The van der Waals surface area contributed by atoms with Crippen LogP contribution in [0.5, 0.6) is 5.75 Å². The zero-order valence-electron chi connectivity index (χ0n) is 18.6. The number of nitriles is 1. The highest BCUT2D eigenvalue weighted by Crippen LogP contribution is 2.27. The Morgan fingerprint density at radius 1 is 1.12 bits per heavy atom. The molecule has 0 radical (unpaired) electrons. The second-order valence-electron chi connectivity index (χ2n) is 8.81. The highest BCUT2D eigenvalue weighted by atomic mass is 19.1. The summed E-state index contributed by atoms with van der Waals surface area (Å²) < 4.78 is 18.4. The summed E-state index contributed by atoms with van der Waals surface area (Å²) >= 11 is 0. The summed E-state index contributed by atoms with van der Waals surface area (Å²) in [5.41, 5.74) is 0. The molecule has 3 rings (SSSR count). The molecule has 3 atom stereocenters. The molecule has 0 aromatic heterocycles. The lowest BCUT2D eigenvalue weighted by Gasteiger charge is -2.27. The third-order valence-corrected chi connectivity index (χ3v) is 6.28. The first-order valence-electron chi connectivity index (χ1n) is 11.6. The van der Waals surface area contributed by atoms with Crippen molar-refractivity contribution in [2.24, 2.45) is 11.8 Å². The van der Waals surface area contributed by atoms with Gasteiger partial charge >= 0.3 is 0 Å². The largest absolute Gasteiger partial charge is 0.484 e. The lowest BCUT2D eigenvalue weighted by atomic mass is 9.84. The molecule has 1 saturated heterocycles. The molecule has 1 unspecified atom stereocenters. The van der Waals surface area contributed by atoms with Crippen LogP contribution in [0.2, 0.25) is 0 Å². The van der Waals surface area contributed by atoms with Crippen LogP contribution in [0.1, 0.15) is 51.4 Å². The molecule has 33 heavy (non-hydrogen) atoms. The van der Waals surface area contributed by atoms with Gasteiger partial charge in [0.1, 0.15) is 23.7 Å². The smallest absolute Gasteiger partial charge is 0.258 e. The third kappa shape index (κ3) is 7.74. The highest BCUT2D eigenvalue weighted by Gasteiger charge is 2.31. The Morgan fingerprint density at radius 3 is 2.48 bits per heavy atom. The third-order valence-electron chi connectivity index (χ3n) is 6.28. The molecular formula is C24H31FN4O4. The quantitative estimate of drug-likeness (QED) is 0.496. The molecule has 3 amide bonds. The van der Waals surface area contributed by atoms with E-state index in [4.69, 9.17) is 4.74 Å². The van der Waals surface area contributed by atoms with Crippen LogP contribution < -0.4 is 20.7 Å². The van der Waals surface area contributed by atoms with E-state index in [0.717, 1.165) is 25.7 Å². The molecule has 1 saturated carbocycles. The number of hydrogen-bond donors (Lipinski definition) is 3. The number of benzene rings is 1. The lowest BCUT2D eigenvalue weighted by molar-refractivity contribution is -0.130. The molecule has 1 aliphatic heterocycles. The summed E-state index contributed by atoms with van der Waals surface area (Å²) in [6.07, 6.45) is 6.71. The van der Waals surface area contributed by atoms with E-state index in [-0.39, 0.29) is 24.9 Å². The summed E-state index contributed by atoms with van der Waals surface area (Å²) in [7, 11) is 0. The molecule has 0 bridgehead atoms. The zero-order chi connectivity index (χ0) is 23.6. The summed E-state index contributed by atoms with van der Waals surface area (Å²) in [5, 5.41) is 17.7. The molecule has 1 aliphatic carbocycles. The monoisotopic (exact) mass is 458 g/mol. The van der Waals surface area contributed by atoms with Crippen molar-refractivity contribution in [3.8, 4) is 11.8 Å². The number of hydrogen-bond acceptors (Lipinski definition) is 5. The molecule has 178 valence electrons. The van der Waals surface area contributed by atoms with Gasteiger partial charge in [-0.05, 0) is 49.4 Å². The number of amides is 3. The number of nitrogens with one attached hydrogen (secondary N) is 3. The van der Waals surface area contributed by atoms with Gasteiger partial charge in [0.2, 0.25) is 11.8 Å². The maximum absolute atomic E-state index is 13.0. The molecule has 1 heterocycles. The molecule has 9 heteroatoms. The fourth-order valence-corrected chi connectivity index (χ4v) is 4.47. The van der Waals surface area contributed by atoms with Crippen LogP contribution in [0.25, 0.3) is 0 Å². The minimum absolute atomic E-state index is 0.102. The van der Waals surface area contributed by atoms with Crippen LogP contribution >= 0.6 is 0 Å². The second kappa shape index (κ2) is 12.2. The van der Waals surface area contributed by atoms with Gasteiger partial charge in [-0.15, -0.1) is 0 Å². The number of halogens is 1. The van der Waals surface area contributed by atoms with Crippen LogP contribution in [-0.4, -0.2) is 43.0 Å². The number of carbonyl (C=O) groups is 3. The topological polar surface area (TPSA) is 120 Å². The summed E-state index contributed by atoms with van der Waals surface area (Å²) in [6.45, 7) is 0.258. The van der Waals surface area contributed by atoms with Gasteiger partial charge in [-0.3, -0.25) is 14.4 Å². The normalized spacial score (nSPS) is 20.2. The van der Waals surface area contributed by atoms with Crippen LogP contribution in [0.3, 0.4) is 0 Å². The van der Waals surface area contributed by atoms with Crippen molar-refractivity contribution < 1.29 is 23.5 Å². The molecule has 1 aromatic rings. The van der Waals surface area contributed by atoms with Crippen molar-refractivity contribution >= 4 is 17.7 Å². The van der Waals surface area contributed by atoms with Crippen molar-refractivity contribution in [1.82, 2.24) is 16.0 Å². The van der Waals surface area contributed by atoms with Crippen molar-refractivity contribution in [2.75, 3.05) is 13.2 Å². The van der Waals surface area contributed by atoms with E-state index in [9.17, 15) is 24.0 Å². The van der Waals surface area contributed by atoms with Gasteiger partial charge in [0.15, 0.2) is 6.61 Å². The number of carbonyl (C=O) groups excluding carboxylic acids is 3. The van der Waals surface area contributed by atoms with Crippen molar-refractivity contribution in [2.45, 2.75) is 63.5 Å². The summed E-state index contributed by atoms with van der Waals surface area (Å²) in [4.78, 5) is 37.4. The first-order chi connectivity index (χ1) is 15.9. The molecule has 1 aromatic carbocycles. The van der Waals surface area contributed by atoms with E-state index in [1.165, 1.54) is 30.7 Å².